The third-order valence-corrected chi connectivity index (χ3v) is 3.84. The Bertz CT molecular complexity index is 184. The maximum atomic E-state index is 10.4. The highest BCUT2D eigenvalue weighted by atomic mass is 16.5. The lowest BCUT2D eigenvalue weighted by molar-refractivity contribution is -0.0670. The maximum Gasteiger partial charge on any atom is 0.0799 e. The van der Waals surface area contributed by atoms with E-state index >= 15 is 0 Å². The molecule has 0 spiro atoms. The lowest BCUT2D eigenvalue weighted by Gasteiger charge is -2.40. The van der Waals surface area contributed by atoms with E-state index in [0.29, 0.717) is 6.04 Å². The molecule has 3 nitrogen and oxygen atoms in total. The van der Waals surface area contributed by atoms with E-state index in [0.717, 1.165) is 39.1 Å². The van der Waals surface area contributed by atoms with E-state index in [9.17, 15) is 5.11 Å². The first-order chi connectivity index (χ1) is 6.72. The second-order valence-electron chi connectivity index (χ2n) is 4.63. The topological polar surface area (TPSA) is 32.7 Å². The molecule has 14 heavy (non-hydrogen) atoms. The third-order valence-electron chi connectivity index (χ3n) is 3.84. The van der Waals surface area contributed by atoms with Gasteiger partial charge in [0.2, 0.25) is 0 Å². The van der Waals surface area contributed by atoms with E-state index in [1.165, 1.54) is 12.8 Å². The molecule has 82 valence electrons. The summed E-state index contributed by atoms with van der Waals surface area (Å²) in [5.41, 5.74) is -0.419. The summed E-state index contributed by atoms with van der Waals surface area (Å²) < 4.78 is 5.32. The summed E-state index contributed by atoms with van der Waals surface area (Å²) in [5.74, 6) is 0. The average Bonchev–Trinajstić information content (AvgIpc) is 2.67. The van der Waals surface area contributed by atoms with Crippen molar-refractivity contribution in [1.82, 2.24) is 4.90 Å². The van der Waals surface area contributed by atoms with Gasteiger partial charge in [0.15, 0.2) is 0 Å². The molecule has 1 heterocycles. The second-order valence-corrected chi connectivity index (χ2v) is 4.63. The number of aliphatic hydroxyl groups is 1. The van der Waals surface area contributed by atoms with Gasteiger partial charge in [-0.25, -0.2) is 0 Å². The summed E-state index contributed by atoms with van der Waals surface area (Å²) >= 11 is 0. The molecule has 2 aliphatic rings. The van der Waals surface area contributed by atoms with Crippen LogP contribution in [0.4, 0.5) is 0 Å². The summed E-state index contributed by atoms with van der Waals surface area (Å²) in [7, 11) is 0. The monoisotopic (exact) mass is 199 g/mol. The number of hydrogen-bond acceptors (Lipinski definition) is 3. The van der Waals surface area contributed by atoms with Crippen LogP contribution >= 0.6 is 0 Å². The van der Waals surface area contributed by atoms with E-state index in [1.807, 2.05) is 0 Å². The summed E-state index contributed by atoms with van der Waals surface area (Å²) in [6.45, 7) is 5.75. The van der Waals surface area contributed by atoms with Gasteiger partial charge in [0, 0.05) is 19.1 Å². The lowest BCUT2D eigenvalue weighted by atomic mass is 9.92. The first kappa shape index (κ1) is 10.4. The Labute approximate surface area is 86.0 Å². The van der Waals surface area contributed by atoms with Gasteiger partial charge in [-0.3, -0.25) is 4.90 Å². The zero-order valence-electron chi connectivity index (χ0n) is 9.04. The molecule has 1 N–H and O–H groups in total. The normalized spacial score (nSPS) is 30.4. The average molecular weight is 199 g/mol. The largest absolute Gasteiger partial charge is 0.388 e. The van der Waals surface area contributed by atoms with Crippen LogP contribution < -0.4 is 0 Å². The van der Waals surface area contributed by atoms with Crippen LogP contribution in [0.15, 0.2) is 0 Å². The predicted octanol–water partition coefficient (Wildman–Crippen LogP) is 1.01. The van der Waals surface area contributed by atoms with Crippen LogP contribution in [0.1, 0.15) is 32.6 Å². The van der Waals surface area contributed by atoms with Crippen molar-refractivity contribution in [2.75, 3.05) is 26.3 Å². The minimum atomic E-state index is -0.419. The minimum Gasteiger partial charge on any atom is -0.388 e. The molecule has 1 aliphatic heterocycles. The zero-order chi connectivity index (χ0) is 10.0. The highest BCUT2D eigenvalue weighted by Crippen LogP contribution is 2.34. The molecule has 2 rings (SSSR count). The molecule has 0 radical (unpaired) electrons. The van der Waals surface area contributed by atoms with Gasteiger partial charge in [0.1, 0.15) is 0 Å². The number of rotatable bonds is 2. The number of nitrogens with zero attached hydrogens (tertiary/aromatic N) is 1. The van der Waals surface area contributed by atoms with Crippen molar-refractivity contribution in [2.45, 2.75) is 44.2 Å². The number of ether oxygens (including phenoxy) is 1. The first-order valence-electron chi connectivity index (χ1n) is 5.76. The van der Waals surface area contributed by atoms with Crippen LogP contribution in [0.5, 0.6) is 0 Å². The molecule has 1 saturated carbocycles. The van der Waals surface area contributed by atoms with Gasteiger partial charge in [0.25, 0.3) is 0 Å². The van der Waals surface area contributed by atoms with Gasteiger partial charge in [-0.2, -0.15) is 0 Å². The van der Waals surface area contributed by atoms with Gasteiger partial charge in [0.05, 0.1) is 18.8 Å². The zero-order valence-corrected chi connectivity index (χ0v) is 9.04. The molecule has 1 unspecified atom stereocenters. The van der Waals surface area contributed by atoms with Crippen molar-refractivity contribution in [3.05, 3.63) is 0 Å². The molecule has 0 aromatic rings. The fourth-order valence-corrected chi connectivity index (χ4v) is 2.71. The lowest BCUT2D eigenvalue weighted by Crippen LogP contribution is -2.53. The molecule has 0 aromatic carbocycles. The number of hydrogen-bond donors (Lipinski definition) is 1. The van der Waals surface area contributed by atoms with Crippen molar-refractivity contribution in [1.29, 1.82) is 0 Å². The Morgan fingerprint density at radius 3 is 2.36 bits per heavy atom. The molecule has 3 heteroatoms. The SMILES string of the molecule is CC(N1CCOCC1)C1(O)CCCC1. The van der Waals surface area contributed by atoms with Gasteiger partial charge in [-0.15, -0.1) is 0 Å². The van der Waals surface area contributed by atoms with Gasteiger partial charge < -0.3 is 9.84 Å². The van der Waals surface area contributed by atoms with Gasteiger partial charge >= 0.3 is 0 Å². The van der Waals surface area contributed by atoms with Crippen molar-refractivity contribution < 1.29 is 9.84 Å². The Hall–Kier alpha value is -0.120. The highest BCUT2D eigenvalue weighted by molar-refractivity contribution is 4.94. The molecule has 1 aliphatic carbocycles. The van der Waals surface area contributed by atoms with Crippen LogP contribution in [-0.4, -0.2) is 48.0 Å². The fraction of sp³-hybridized carbons (Fsp3) is 1.00. The van der Waals surface area contributed by atoms with Crippen molar-refractivity contribution in [2.24, 2.45) is 0 Å². The fourth-order valence-electron chi connectivity index (χ4n) is 2.71. The molecule has 1 saturated heterocycles. The Morgan fingerprint density at radius 1 is 1.21 bits per heavy atom. The minimum absolute atomic E-state index is 0.300. The van der Waals surface area contributed by atoms with Crippen LogP contribution in [0.2, 0.25) is 0 Å². The highest BCUT2D eigenvalue weighted by Gasteiger charge is 2.39. The summed E-state index contributed by atoms with van der Waals surface area (Å²) in [6, 6.07) is 0.300. The van der Waals surface area contributed by atoms with Crippen molar-refractivity contribution in [3.63, 3.8) is 0 Å². The molecular formula is C11H21NO2. The summed E-state index contributed by atoms with van der Waals surface area (Å²) in [4.78, 5) is 2.37. The van der Waals surface area contributed by atoms with E-state index in [2.05, 4.69) is 11.8 Å². The van der Waals surface area contributed by atoms with Gasteiger partial charge in [-0.1, -0.05) is 12.8 Å². The second kappa shape index (κ2) is 4.17. The van der Waals surface area contributed by atoms with E-state index in [4.69, 9.17) is 4.74 Å². The predicted molar refractivity (Wildman–Crippen MR) is 55.3 cm³/mol. The standard InChI is InChI=1S/C11H21NO2/c1-10(11(13)4-2-3-5-11)12-6-8-14-9-7-12/h10,13H,2-9H2,1H3. The Morgan fingerprint density at radius 2 is 1.79 bits per heavy atom. The smallest absolute Gasteiger partial charge is 0.0799 e. The quantitative estimate of drug-likeness (QED) is 0.720. The first-order valence-corrected chi connectivity index (χ1v) is 5.76. The molecule has 0 aromatic heterocycles. The number of morpholine rings is 1. The van der Waals surface area contributed by atoms with Crippen LogP contribution in [0, 0.1) is 0 Å². The van der Waals surface area contributed by atoms with E-state index in [-0.39, 0.29) is 0 Å². The molecule has 2 fully saturated rings. The van der Waals surface area contributed by atoms with E-state index in [1.54, 1.807) is 0 Å². The summed E-state index contributed by atoms with van der Waals surface area (Å²) in [6.07, 6.45) is 4.33. The Kier molecular flexibility index (Phi) is 3.10. The van der Waals surface area contributed by atoms with Crippen molar-refractivity contribution in [3.8, 4) is 0 Å². The molecule has 0 bridgehead atoms. The molecule has 1 atom stereocenters. The van der Waals surface area contributed by atoms with Crippen LogP contribution in [0.25, 0.3) is 0 Å². The third kappa shape index (κ3) is 1.95. The molecular weight excluding hydrogens is 178 g/mol. The van der Waals surface area contributed by atoms with E-state index < -0.39 is 5.60 Å². The van der Waals surface area contributed by atoms with Crippen LogP contribution in [0.3, 0.4) is 0 Å². The maximum absolute atomic E-state index is 10.4. The Balaban J connectivity index is 1.95. The van der Waals surface area contributed by atoms with Crippen LogP contribution in [-0.2, 0) is 4.74 Å². The summed E-state index contributed by atoms with van der Waals surface area (Å²) in [5, 5.41) is 10.4. The van der Waals surface area contributed by atoms with Crippen molar-refractivity contribution >= 4 is 0 Å². The van der Waals surface area contributed by atoms with Gasteiger partial charge in [-0.05, 0) is 19.8 Å². The molecule has 0 amide bonds.